The Morgan fingerprint density at radius 2 is 1.89 bits per heavy atom. The van der Waals surface area contributed by atoms with Gasteiger partial charge in [-0.2, -0.15) is 5.10 Å². The predicted octanol–water partition coefficient (Wildman–Crippen LogP) is 2.35. The Morgan fingerprint density at radius 1 is 1.11 bits per heavy atom. The topological polar surface area (TPSA) is 37.6 Å². The average molecular weight is 243 g/mol. The van der Waals surface area contributed by atoms with Crippen LogP contribution < -0.4 is 0 Å². The van der Waals surface area contributed by atoms with Gasteiger partial charge in [0.2, 0.25) is 0 Å². The van der Waals surface area contributed by atoms with Crippen molar-refractivity contribution in [3.05, 3.63) is 36.2 Å². The molecule has 0 unspecified atom stereocenters. The second kappa shape index (κ2) is 4.80. The van der Waals surface area contributed by atoms with Crippen LogP contribution in [-0.2, 0) is 0 Å². The number of carbonyl (C=O) groups is 1. The van der Waals surface area contributed by atoms with E-state index in [0.717, 1.165) is 31.4 Å². The van der Waals surface area contributed by atoms with E-state index in [9.17, 15) is 4.79 Å². The minimum atomic E-state index is 0.0700. The number of fused-ring (bicyclic) bond motifs is 1. The molecule has 1 saturated heterocycles. The third-order valence-corrected chi connectivity index (χ3v) is 3.48. The molecular formula is C14H17N3O. The molecule has 3 heterocycles. The summed E-state index contributed by atoms with van der Waals surface area (Å²) >= 11 is 0. The maximum Gasteiger partial charge on any atom is 0.274 e. The lowest BCUT2D eigenvalue weighted by molar-refractivity contribution is 0.0755. The molecule has 0 aliphatic carbocycles. The van der Waals surface area contributed by atoms with E-state index < -0.39 is 0 Å². The summed E-state index contributed by atoms with van der Waals surface area (Å²) in [5.41, 5.74) is 1.53. The molecule has 4 heteroatoms. The highest BCUT2D eigenvalue weighted by atomic mass is 16.2. The average Bonchev–Trinajstić information content (AvgIpc) is 2.64. The van der Waals surface area contributed by atoms with Gasteiger partial charge < -0.3 is 4.90 Å². The van der Waals surface area contributed by atoms with Crippen molar-refractivity contribution in [3.8, 4) is 0 Å². The lowest BCUT2D eigenvalue weighted by Gasteiger charge is -2.18. The first kappa shape index (κ1) is 11.3. The molecule has 1 aliphatic rings. The van der Waals surface area contributed by atoms with Crippen LogP contribution in [0.25, 0.3) is 5.52 Å². The van der Waals surface area contributed by atoms with Crippen molar-refractivity contribution in [2.24, 2.45) is 0 Å². The summed E-state index contributed by atoms with van der Waals surface area (Å²) in [5.74, 6) is 0.0700. The quantitative estimate of drug-likeness (QED) is 0.771. The zero-order valence-electron chi connectivity index (χ0n) is 10.4. The van der Waals surface area contributed by atoms with Crippen LogP contribution in [0.15, 0.2) is 30.5 Å². The zero-order chi connectivity index (χ0) is 12.4. The van der Waals surface area contributed by atoms with E-state index in [0.29, 0.717) is 5.69 Å². The van der Waals surface area contributed by atoms with Crippen LogP contribution in [0, 0.1) is 0 Å². The summed E-state index contributed by atoms with van der Waals surface area (Å²) in [5, 5.41) is 4.34. The molecule has 0 N–H and O–H groups in total. The highest BCUT2D eigenvalue weighted by molar-refractivity contribution is 5.93. The maximum absolute atomic E-state index is 12.4. The fraction of sp³-hybridized carbons (Fsp3) is 0.429. The van der Waals surface area contributed by atoms with Crippen molar-refractivity contribution in [3.63, 3.8) is 0 Å². The Morgan fingerprint density at radius 3 is 2.61 bits per heavy atom. The number of carbonyl (C=O) groups excluding carboxylic acids is 1. The van der Waals surface area contributed by atoms with E-state index >= 15 is 0 Å². The molecular weight excluding hydrogens is 226 g/mol. The number of aromatic nitrogens is 2. The third-order valence-electron chi connectivity index (χ3n) is 3.48. The molecule has 0 bridgehead atoms. The second-order valence-electron chi connectivity index (χ2n) is 4.81. The molecule has 0 spiro atoms. The standard InChI is InChI=1S/C14H17N3O/c18-14(16-8-4-1-2-5-9-16)13-11-12-7-3-6-10-17(12)15-13/h3,6-7,10-11H,1-2,4-5,8-9H2. The minimum Gasteiger partial charge on any atom is -0.337 e. The molecule has 3 rings (SSSR count). The molecule has 1 fully saturated rings. The Hall–Kier alpha value is -1.84. The van der Waals surface area contributed by atoms with Crippen molar-refractivity contribution in [1.29, 1.82) is 0 Å². The number of likely N-dealkylation sites (tertiary alicyclic amines) is 1. The van der Waals surface area contributed by atoms with Crippen molar-refractivity contribution >= 4 is 11.4 Å². The number of hydrogen-bond acceptors (Lipinski definition) is 2. The van der Waals surface area contributed by atoms with E-state index in [1.165, 1.54) is 12.8 Å². The molecule has 0 atom stereocenters. The van der Waals surface area contributed by atoms with Crippen LogP contribution in [0.4, 0.5) is 0 Å². The van der Waals surface area contributed by atoms with Crippen LogP contribution >= 0.6 is 0 Å². The van der Waals surface area contributed by atoms with Gasteiger partial charge in [-0.1, -0.05) is 18.9 Å². The van der Waals surface area contributed by atoms with Crippen LogP contribution in [0.3, 0.4) is 0 Å². The van der Waals surface area contributed by atoms with Crippen molar-refractivity contribution < 1.29 is 4.79 Å². The van der Waals surface area contributed by atoms with Gasteiger partial charge in [0.15, 0.2) is 5.69 Å². The van der Waals surface area contributed by atoms with Gasteiger partial charge in [0.25, 0.3) is 5.91 Å². The molecule has 1 amide bonds. The molecule has 1 aliphatic heterocycles. The van der Waals surface area contributed by atoms with E-state index in [1.807, 2.05) is 35.4 Å². The Labute approximate surface area is 106 Å². The van der Waals surface area contributed by atoms with Gasteiger partial charge in [0.1, 0.15) is 0 Å². The summed E-state index contributed by atoms with van der Waals surface area (Å²) in [6, 6.07) is 7.71. The fourth-order valence-electron chi connectivity index (χ4n) is 2.48. The summed E-state index contributed by atoms with van der Waals surface area (Å²) in [6.45, 7) is 1.74. The Kier molecular flexibility index (Phi) is 3.00. The molecule has 0 saturated carbocycles. The number of amides is 1. The molecule has 2 aromatic rings. The van der Waals surface area contributed by atoms with Crippen molar-refractivity contribution in [1.82, 2.24) is 14.5 Å². The first-order valence-electron chi connectivity index (χ1n) is 6.58. The van der Waals surface area contributed by atoms with E-state index in [4.69, 9.17) is 0 Å². The van der Waals surface area contributed by atoms with Crippen LogP contribution in [-0.4, -0.2) is 33.5 Å². The first-order chi connectivity index (χ1) is 8.84. The fourth-order valence-corrected chi connectivity index (χ4v) is 2.48. The van der Waals surface area contributed by atoms with Gasteiger partial charge in [-0.15, -0.1) is 0 Å². The summed E-state index contributed by atoms with van der Waals surface area (Å²) < 4.78 is 1.76. The lowest BCUT2D eigenvalue weighted by atomic mass is 10.2. The summed E-state index contributed by atoms with van der Waals surface area (Å²) in [7, 11) is 0. The van der Waals surface area contributed by atoms with Gasteiger partial charge in [0.05, 0.1) is 5.52 Å². The lowest BCUT2D eigenvalue weighted by Crippen LogP contribution is -2.32. The first-order valence-corrected chi connectivity index (χ1v) is 6.58. The van der Waals surface area contributed by atoms with Crippen LogP contribution in [0.1, 0.15) is 36.2 Å². The number of rotatable bonds is 1. The summed E-state index contributed by atoms with van der Waals surface area (Å²) in [4.78, 5) is 14.3. The van der Waals surface area contributed by atoms with Crippen LogP contribution in [0.2, 0.25) is 0 Å². The Balaban J connectivity index is 1.86. The van der Waals surface area contributed by atoms with Gasteiger partial charge >= 0.3 is 0 Å². The van der Waals surface area contributed by atoms with Gasteiger partial charge in [-0.05, 0) is 31.0 Å². The molecule has 4 nitrogen and oxygen atoms in total. The van der Waals surface area contributed by atoms with Gasteiger partial charge in [-0.3, -0.25) is 4.79 Å². The normalized spacial score (nSPS) is 16.8. The highest BCUT2D eigenvalue weighted by Crippen LogP contribution is 2.14. The largest absolute Gasteiger partial charge is 0.337 e. The van der Waals surface area contributed by atoms with Crippen molar-refractivity contribution in [2.75, 3.05) is 13.1 Å². The molecule has 0 radical (unpaired) electrons. The zero-order valence-corrected chi connectivity index (χ0v) is 10.4. The number of pyridine rings is 1. The van der Waals surface area contributed by atoms with E-state index in [1.54, 1.807) is 4.52 Å². The smallest absolute Gasteiger partial charge is 0.274 e. The van der Waals surface area contributed by atoms with Crippen LogP contribution in [0.5, 0.6) is 0 Å². The monoisotopic (exact) mass is 243 g/mol. The molecule has 0 aromatic carbocycles. The second-order valence-corrected chi connectivity index (χ2v) is 4.81. The number of nitrogens with zero attached hydrogens (tertiary/aromatic N) is 3. The van der Waals surface area contributed by atoms with E-state index in [-0.39, 0.29) is 5.91 Å². The highest BCUT2D eigenvalue weighted by Gasteiger charge is 2.19. The van der Waals surface area contributed by atoms with E-state index in [2.05, 4.69) is 5.10 Å². The minimum absolute atomic E-state index is 0.0700. The predicted molar refractivity (Wildman–Crippen MR) is 69.6 cm³/mol. The third kappa shape index (κ3) is 2.10. The molecule has 94 valence electrons. The Bertz CT molecular complexity index is 520. The van der Waals surface area contributed by atoms with Crippen molar-refractivity contribution in [2.45, 2.75) is 25.7 Å². The molecule has 2 aromatic heterocycles. The SMILES string of the molecule is O=C(c1cc2ccccn2n1)N1CCCCCC1. The molecule has 18 heavy (non-hydrogen) atoms. The summed E-state index contributed by atoms with van der Waals surface area (Å²) in [6.07, 6.45) is 6.55. The number of hydrogen-bond donors (Lipinski definition) is 0. The van der Waals surface area contributed by atoms with Gasteiger partial charge in [-0.25, -0.2) is 4.52 Å². The van der Waals surface area contributed by atoms with Gasteiger partial charge in [0, 0.05) is 19.3 Å². The maximum atomic E-state index is 12.4.